The molecule has 0 amide bonds. The number of hydrogen-bond donors (Lipinski definition) is 1. The van der Waals surface area contributed by atoms with Crippen molar-refractivity contribution in [1.29, 1.82) is 0 Å². The Bertz CT molecular complexity index is 719. The van der Waals surface area contributed by atoms with E-state index in [1.165, 1.54) is 23.1 Å². The molecule has 0 atom stereocenters. The summed E-state index contributed by atoms with van der Waals surface area (Å²) in [6.45, 7) is 0. The van der Waals surface area contributed by atoms with Crippen LogP contribution in [0.25, 0.3) is 0 Å². The largest absolute Gasteiger partial charge is 0.481 e. The normalized spacial score (nSPS) is 10.3. The topological polar surface area (TPSA) is 72.8 Å². The van der Waals surface area contributed by atoms with E-state index < -0.39 is 0 Å². The number of anilines is 2. The average molecular weight is 317 g/mol. The molecule has 1 aromatic carbocycles. The summed E-state index contributed by atoms with van der Waals surface area (Å²) in [6.07, 6.45) is 1.65. The van der Waals surface area contributed by atoms with Crippen LogP contribution in [0.4, 0.5) is 10.8 Å². The Kier molecular flexibility index (Phi) is 4.27. The van der Waals surface area contributed by atoms with Crippen LogP contribution in [0, 0.1) is 0 Å². The monoisotopic (exact) mass is 317 g/mol. The van der Waals surface area contributed by atoms with Crippen molar-refractivity contribution in [2.45, 2.75) is 9.50 Å². The van der Waals surface area contributed by atoms with Crippen LogP contribution >= 0.6 is 23.1 Å². The highest BCUT2D eigenvalue weighted by Gasteiger charge is 2.09. The summed E-state index contributed by atoms with van der Waals surface area (Å²) in [5, 5.41) is 12.7. The summed E-state index contributed by atoms with van der Waals surface area (Å²) in [5.74, 6) is 0.527. The number of para-hydroxylation sites is 1. The maximum atomic E-state index is 5.07. The van der Waals surface area contributed by atoms with Crippen LogP contribution in [0.1, 0.15) is 0 Å². The molecule has 0 bridgehead atoms. The molecule has 1 N–H and O–H groups in total. The van der Waals surface area contributed by atoms with E-state index in [4.69, 9.17) is 4.74 Å². The number of benzene rings is 1. The maximum absolute atomic E-state index is 5.07. The van der Waals surface area contributed by atoms with Crippen molar-refractivity contribution in [2.75, 3.05) is 12.4 Å². The van der Waals surface area contributed by atoms with E-state index in [9.17, 15) is 0 Å². The van der Waals surface area contributed by atoms with E-state index >= 15 is 0 Å². The first-order valence-corrected chi connectivity index (χ1v) is 7.67. The summed E-state index contributed by atoms with van der Waals surface area (Å²) < 4.78 is 5.83. The Morgan fingerprint density at radius 3 is 2.81 bits per heavy atom. The molecule has 0 spiro atoms. The van der Waals surface area contributed by atoms with Crippen molar-refractivity contribution < 1.29 is 4.74 Å². The highest BCUT2D eigenvalue weighted by Crippen LogP contribution is 2.31. The SMILES string of the molecule is COc1ccnc(Sc2nnc(Nc3ccccc3)s2)n1. The standard InChI is InChI=1S/C13H11N5OS2/c1-19-10-7-8-14-11(16-10)20-13-18-17-12(21-13)15-9-5-3-2-4-6-9/h2-8H,1H3,(H,15,17). The van der Waals surface area contributed by atoms with Crippen LogP contribution < -0.4 is 10.1 Å². The summed E-state index contributed by atoms with van der Waals surface area (Å²) in [4.78, 5) is 8.39. The predicted molar refractivity (Wildman–Crippen MR) is 82.3 cm³/mol. The van der Waals surface area contributed by atoms with Gasteiger partial charge in [-0.25, -0.2) is 4.98 Å². The van der Waals surface area contributed by atoms with Crippen LogP contribution in [0.15, 0.2) is 52.1 Å². The molecule has 8 heteroatoms. The lowest BCUT2D eigenvalue weighted by Gasteiger charge is -2.00. The Morgan fingerprint density at radius 2 is 2.00 bits per heavy atom. The first-order chi connectivity index (χ1) is 10.3. The van der Waals surface area contributed by atoms with Crippen molar-refractivity contribution in [2.24, 2.45) is 0 Å². The first kappa shape index (κ1) is 13.8. The molecular weight excluding hydrogens is 306 g/mol. The molecule has 0 unspecified atom stereocenters. The molecule has 0 aliphatic heterocycles. The Morgan fingerprint density at radius 1 is 1.14 bits per heavy atom. The smallest absolute Gasteiger partial charge is 0.217 e. The van der Waals surface area contributed by atoms with Gasteiger partial charge in [-0.1, -0.05) is 29.5 Å². The van der Waals surface area contributed by atoms with Gasteiger partial charge in [-0.2, -0.15) is 4.98 Å². The Labute approximate surface area is 129 Å². The zero-order valence-electron chi connectivity index (χ0n) is 11.1. The van der Waals surface area contributed by atoms with Crippen molar-refractivity contribution in [3.63, 3.8) is 0 Å². The third kappa shape index (κ3) is 3.67. The second-order valence-corrected chi connectivity index (χ2v) is 6.04. The highest BCUT2D eigenvalue weighted by atomic mass is 32.2. The van der Waals surface area contributed by atoms with Gasteiger partial charge in [0.05, 0.1) is 7.11 Å². The molecule has 0 saturated carbocycles. The first-order valence-electron chi connectivity index (χ1n) is 6.04. The van der Waals surface area contributed by atoms with Crippen LogP contribution in [0.2, 0.25) is 0 Å². The second-order valence-electron chi connectivity index (χ2n) is 3.85. The van der Waals surface area contributed by atoms with Gasteiger partial charge in [0.1, 0.15) is 0 Å². The van der Waals surface area contributed by atoms with Crippen LogP contribution in [0.3, 0.4) is 0 Å². The highest BCUT2D eigenvalue weighted by molar-refractivity contribution is 8.00. The quantitative estimate of drug-likeness (QED) is 0.724. The molecule has 0 saturated heterocycles. The fourth-order valence-electron chi connectivity index (χ4n) is 1.51. The summed E-state index contributed by atoms with van der Waals surface area (Å²) in [7, 11) is 1.57. The molecule has 6 nitrogen and oxygen atoms in total. The summed E-state index contributed by atoms with van der Waals surface area (Å²) in [5.41, 5.74) is 0.975. The number of nitrogens with one attached hydrogen (secondary N) is 1. The van der Waals surface area contributed by atoms with Crippen LogP contribution in [-0.2, 0) is 0 Å². The molecule has 2 heterocycles. The van der Waals surface area contributed by atoms with Crippen LogP contribution in [0.5, 0.6) is 5.88 Å². The lowest BCUT2D eigenvalue weighted by Crippen LogP contribution is -1.90. The second kappa shape index (κ2) is 6.51. The Hall–Kier alpha value is -2.19. The zero-order chi connectivity index (χ0) is 14.5. The van der Waals surface area contributed by atoms with Gasteiger partial charge in [0, 0.05) is 18.0 Å². The molecule has 21 heavy (non-hydrogen) atoms. The van der Waals surface area contributed by atoms with Gasteiger partial charge in [0.15, 0.2) is 9.50 Å². The summed E-state index contributed by atoms with van der Waals surface area (Å²) in [6, 6.07) is 11.5. The van der Waals surface area contributed by atoms with E-state index in [0.717, 1.165) is 15.2 Å². The zero-order valence-corrected chi connectivity index (χ0v) is 12.7. The lowest BCUT2D eigenvalue weighted by molar-refractivity contribution is 0.392. The number of ether oxygens (including phenoxy) is 1. The number of nitrogens with zero attached hydrogens (tertiary/aromatic N) is 4. The van der Waals surface area contributed by atoms with Gasteiger partial charge in [-0.3, -0.25) is 0 Å². The van der Waals surface area contributed by atoms with Crippen molar-refractivity contribution in [3.8, 4) is 5.88 Å². The summed E-state index contributed by atoms with van der Waals surface area (Å²) >= 11 is 2.80. The number of rotatable bonds is 5. The van der Waals surface area contributed by atoms with E-state index in [1.807, 2.05) is 30.3 Å². The van der Waals surface area contributed by atoms with Gasteiger partial charge in [0.2, 0.25) is 11.0 Å². The number of methoxy groups -OCH3 is 1. The fraction of sp³-hybridized carbons (Fsp3) is 0.0769. The number of aromatic nitrogens is 4. The fourth-order valence-corrected chi connectivity index (χ4v) is 3.12. The van der Waals surface area contributed by atoms with Crippen molar-refractivity contribution in [3.05, 3.63) is 42.6 Å². The average Bonchev–Trinajstić information content (AvgIpc) is 2.95. The molecule has 3 rings (SSSR count). The molecule has 0 fully saturated rings. The van der Waals surface area contributed by atoms with Gasteiger partial charge < -0.3 is 10.1 Å². The predicted octanol–water partition coefficient (Wildman–Crippen LogP) is 3.23. The van der Waals surface area contributed by atoms with Crippen molar-refractivity contribution >= 4 is 33.9 Å². The van der Waals surface area contributed by atoms with Gasteiger partial charge >= 0.3 is 0 Å². The molecular formula is C13H11N5OS2. The van der Waals surface area contributed by atoms with E-state index in [1.54, 1.807) is 19.4 Å². The minimum atomic E-state index is 0.527. The minimum Gasteiger partial charge on any atom is -0.481 e. The maximum Gasteiger partial charge on any atom is 0.217 e. The Balaban J connectivity index is 1.70. The minimum absolute atomic E-state index is 0.527. The van der Waals surface area contributed by atoms with Gasteiger partial charge in [0.25, 0.3) is 0 Å². The van der Waals surface area contributed by atoms with E-state index in [2.05, 4.69) is 25.5 Å². The third-order valence-electron chi connectivity index (χ3n) is 2.43. The molecule has 0 aliphatic rings. The number of hydrogen-bond acceptors (Lipinski definition) is 8. The van der Waals surface area contributed by atoms with Crippen LogP contribution in [-0.4, -0.2) is 27.3 Å². The van der Waals surface area contributed by atoms with E-state index in [0.29, 0.717) is 11.0 Å². The molecule has 3 aromatic rings. The molecule has 0 aliphatic carbocycles. The van der Waals surface area contributed by atoms with Gasteiger partial charge in [-0.15, -0.1) is 10.2 Å². The van der Waals surface area contributed by atoms with Gasteiger partial charge in [-0.05, 0) is 23.9 Å². The third-order valence-corrected chi connectivity index (χ3v) is 4.20. The van der Waals surface area contributed by atoms with E-state index in [-0.39, 0.29) is 0 Å². The molecule has 2 aromatic heterocycles. The van der Waals surface area contributed by atoms with Crippen molar-refractivity contribution in [1.82, 2.24) is 20.2 Å². The molecule has 0 radical (unpaired) electrons. The lowest BCUT2D eigenvalue weighted by atomic mass is 10.3. The molecule has 106 valence electrons.